The second kappa shape index (κ2) is 7.66. The van der Waals surface area contributed by atoms with Crippen LogP contribution in [0.1, 0.15) is 33.1 Å². The van der Waals surface area contributed by atoms with E-state index in [2.05, 4.69) is 33.5 Å². The minimum Gasteiger partial charge on any atom is -0.497 e. The number of methoxy groups -OCH3 is 2. The number of aromatic nitrogens is 1. The Bertz CT molecular complexity index is 1180. The van der Waals surface area contributed by atoms with Crippen LogP contribution in [0.25, 0.3) is 10.9 Å². The van der Waals surface area contributed by atoms with Gasteiger partial charge in [0.2, 0.25) is 0 Å². The van der Waals surface area contributed by atoms with E-state index in [0.717, 1.165) is 42.6 Å². The van der Waals surface area contributed by atoms with Gasteiger partial charge >= 0.3 is 5.97 Å². The number of thiocarbonyl (C=S) groups is 1. The number of ether oxygens (including phenoxy) is 2. The van der Waals surface area contributed by atoms with Crippen molar-refractivity contribution in [2.75, 3.05) is 34.5 Å². The summed E-state index contributed by atoms with van der Waals surface area (Å²) in [7, 11) is 5.18. The van der Waals surface area contributed by atoms with Crippen molar-refractivity contribution in [1.29, 1.82) is 0 Å². The highest BCUT2D eigenvalue weighted by Crippen LogP contribution is 2.41. The van der Waals surface area contributed by atoms with Crippen LogP contribution in [0.2, 0.25) is 0 Å². The van der Waals surface area contributed by atoms with Gasteiger partial charge in [0.25, 0.3) is 0 Å². The van der Waals surface area contributed by atoms with E-state index in [4.69, 9.17) is 21.7 Å². The average Bonchev–Trinajstić information content (AvgIpc) is 3.09. The Morgan fingerprint density at radius 2 is 1.94 bits per heavy atom. The molecule has 2 aliphatic heterocycles. The van der Waals surface area contributed by atoms with E-state index in [1.54, 1.807) is 7.11 Å². The molecule has 2 aromatic carbocycles. The number of hydrogen-bond acceptors (Lipinski definition) is 5. The normalized spacial score (nSPS) is 20.0. The number of esters is 1. The van der Waals surface area contributed by atoms with Crippen LogP contribution in [0, 0.1) is 0 Å². The Hall–Kier alpha value is -2.90. The summed E-state index contributed by atoms with van der Waals surface area (Å²) < 4.78 is 12.7. The largest absolute Gasteiger partial charge is 0.497 e. The molecule has 2 aliphatic rings. The quantitative estimate of drug-likeness (QED) is 0.461. The van der Waals surface area contributed by atoms with Gasteiger partial charge in [-0.25, -0.2) is 4.79 Å². The maximum atomic E-state index is 11.8. The maximum absolute atomic E-state index is 11.8. The molecule has 0 radical (unpaired) electrons. The summed E-state index contributed by atoms with van der Waals surface area (Å²) in [6, 6.07) is 13.9. The third-order valence-electron chi connectivity index (χ3n) is 6.39. The van der Waals surface area contributed by atoms with Crippen molar-refractivity contribution in [2.45, 2.75) is 19.0 Å². The summed E-state index contributed by atoms with van der Waals surface area (Å²) in [6.45, 7) is 3.42. The number of hydrogen-bond donors (Lipinski definition) is 0. The van der Waals surface area contributed by atoms with E-state index in [-0.39, 0.29) is 11.9 Å². The second-order valence-electron chi connectivity index (χ2n) is 8.26. The molecule has 5 rings (SSSR count). The van der Waals surface area contributed by atoms with Gasteiger partial charge in [-0.2, -0.15) is 0 Å². The molecule has 7 heteroatoms. The zero-order valence-electron chi connectivity index (χ0n) is 17.9. The Morgan fingerprint density at radius 1 is 1.16 bits per heavy atom. The van der Waals surface area contributed by atoms with Crippen LogP contribution in [0.3, 0.4) is 0 Å². The van der Waals surface area contributed by atoms with E-state index in [0.29, 0.717) is 5.56 Å². The van der Waals surface area contributed by atoms with Gasteiger partial charge in [-0.1, -0.05) is 24.4 Å². The highest BCUT2D eigenvalue weighted by molar-refractivity contribution is 7.80. The lowest BCUT2D eigenvalue weighted by Gasteiger charge is -2.44. The molecule has 0 aliphatic carbocycles. The van der Waals surface area contributed by atoms with E-state index in [9.17, 15) is 4.79 Å². The molecule has 31 heavy (non-hydrogen) atoms. The second-order valence-corrected chi connectivity index (χ2v) is 8.68. The van der Waals surface area contributed by atoms with Crippen LogP contribution in [-0.4, -0.2) is 59.8 Å². The van der Waals surface area contributed by atoms with Gasteiger partial charge in [0.05, 0.1) is 31.4 Å². The molecule has 0 amide bonds. The van der Waals surface area contributed by atoms with Crippen molar-refractivity contribution in [3.8, 4) is 5.75 Å². The zero-order valence-corrected chi connectivity index (χ0v) is 18.7. The molecule has 0 N–H and O–H groups in total. The molecule has 1 aromatic heterocycles. The Labute approximate surface area is 186 Å². The predicted molar refractivity (Wildman–Crippen MR) is 124 cm³/mol. The molecule has 1 saturated heterocycles. The molecule has 2 unspecified atom stereocenters. The van der Waals surface area contributed by atoms with E-state index < -0.39 is 0 Å². The number of nitrogens with zero attached hydrogens (tertiary/aromatic N) is 3. The summed E-state index contributed by atoms with van der Waals surface area (Å²) >= 11 is 5.84. The molecule has 2 bridgehead atoms. The van der Waals surface area contributed by atoms with E-state index in [1.807, 2.05) is 30.3 Å². The molecule has 3 aromatic rings. The molecule has 0 saturated carbocycles. The monoisotopic (exact) mass is 435 g/mol. The highest BCUT2D eigenvalue weighted by atomic mass is 32.1. The van der Waals surface area contributed by atoms with E-state index in [1.165, 1.54) is 29.3 Å². The van der Waals surface area contributed by atoms with Gasteiger partial charge in [0, 0.05) is 49.2 Å². The van der Waals surface area contributed by atoms with Crippen LogP contribution < -0.4 is 4.74 Å². The fraction of sp³-hybridized carbons (Fsp3) is 0.333. The Morgan fingerprint density at radius 3 is 2.65 bits per heavy atom. The zero-order chi connectivity index (χ0) is 21.7. The number of carbonyl (C=O) groups is 1. The van der Waals surface area contributed by atoms with Crippen molar-refractivity contribution in [1.82, 2.24) is 14.4 Å². The van der Waals surface area contributed by atoms with Crippen LogP contribution in [0.4, 0.5) is 0 Å². The lowest BCUT2D eigenvalue weighted by Crippen LogP contribution is -2.52. The van der Waals surface area contributed by atoms with Crippen molar-refractivity contribution < 1.29 is 14.3 Å². The SMILES string of the molecule is COC(=O)c1ccc(Cn2c3c(c4cc(OC)ccc42)C2CN(C3)CN(C)C2=S)cc1. The first-order valence-electron chi connectivity index (χ1n) is 10.3. The molecule has 2 atom stereocenters. The van der Waals surface area contributed by atoms with Gasteiger partial charge < -0.3 is 18.9 Å². The molecule has 0 spiro atoms. The lowest BCUT2D eigenvalue weighted by molar-refractivity contribution is 0.0600. The average molecular weight is 436 g/mol. The standard InChI is InChI=1S/C24H25N3O3S/c1-25-14-26-12-19(23(25)31)22-18-10-17(29-2)8-9-20(18)27(21(22)13-26)11-15-4-6-16(7-5-15)24(28)30-3/h4-10,19H,11-14H2,1-3H3. The Balaban J connectivity index is 1.63. The lowest BCUT2D eigenvalue weighted by atomic mass is 9.90. The van der Waals surface area contributed by atoms with Gasteiger partial charge in [0.1, 0.15) is 5.75 Å². The van der Waals surface area contributed by atoms with E-state index >= 15 is 0 Å². The van der Waals surface area contributed by atoms with Gasteiger partial charge in [0.15, 0.2) is 0 Å². The predicted octanol–water partition coefficient (Wildman–Crippen LogP) is 3.61. The Kier molecular flexibility index (Phi) is 4.95. The summed E-state index contributed by atoms with van der Waals surface area (Å²) in [5.41, 5.74) is 5.51. The number of rotatable bonds is 4. The van der Waals surface area contributed by atoms with Gasteiger partial charge in [-0.3, -0.25) is 4.90 Å². The van der Waals surface area contributed by atoms with Gasteiger partial charge in [-0.05, 0) is 41.5 Å². The third kappa shape index (κ3) is 3.28. The third-order valence-corrected chi connectivity index (χ3v) is 6.98. The molecule has 160 valence electrons. The van der Waals surface area contributed by atoms with Crippen molar-refractivity contribution in [3.05, 3.63) is 64.8 Å². The summed E-state index contributed by atoms with van der Waals surface area (Å²) in [5.74, 6) is 0.739. The van der Waals surface area contributed by atoms with Crippen LogP contribution in [0.5, 0.6) is 5.75 Å². The number of carbonyl (C=O) groups excluding carboxylic acids is 1. The van der Waals surface area contributed by atoms with Crippen LogP contribution in [0.15, 0.2) is 42.5 Å². The number of benzene rings is 2. The minimum absolute atomic E-state index is 0.204. The molecular formula is C24H25N3O3S. The number of likely N-dealkylation sites (N-methyl/N-ethyl adjacent to an activating group) is 1. The first-order chi connectivity index (χ1) is 15.0. The number of fused-ring (bicyclic) bond motifs is 6. The summed E-state index contributed by atoms with van der Waals surface area (Å²) in [5, 5.41) is 1.21. The first kappa shape index (κ1) is 20.0. The smallest absolute Gasteiger partial charge is 0.337 e. The molecule has 1 fully saturated rings. The van der Waals surface area contributed by atoms with Crippen molar-refractivity contribution in [3.63, 3.8) is 0 Å². The maximum Gasteiger partial charge on any atom is 0.337 e. The minimum atomic E-state index is -0.319. The first-order valence-corrected chi connectivity index (χ1v) is 10.7. The molecule has 6 nitrogen and oxygen atoms in total. The summed E-state index contributed by atoms with van der Waals surface area (Å²) in [4.78, 5) is 17.4. The van der Waals surface area contributed by atoms with Crippen molar-refractivity contribution in [2.24, 2.45) is 0 Å². The van der Waals surface area contributed by atoms with Crippen molar-refractivity contribution >= 4 is 34.1 Å². The topological polar surface area (TPSA) is 46.9 Å². The fourth-order valence-electron chi connectivity index (χ4n) is 4.90. The van der Waals surface area contributed by atoms with Crippen LogP contribution >= 0.6 is 12.2 Å². The van der Waals surface area contributed by atoms with Crippen LogP contribution in [-0.2, 0) is 17.8 Å². The van der Waals surface area contributed by atoms with Gasteiger partial charge in [-0.15, -0.1) is 0 Å². The molecule has 3 heterocycles. The molecular weight excluding hydrogens is 410 g/mol. The highest BCUT2D eigenvalue weighted by Gasteiger charge is 2.38. The fourth-order valence-corrected chi connectivity index (χ4v) is 5.15. The summed E-state index contributed by atoms with van der Waals surface area (Å²) in [6.07, 6.45) is 0.